The van der Waals surface area contributed by atoms with Crippen LogP contribution >= 0.6 is 0 Å². The number of carbonyl (C=O) groups excluding carboxylic acids is 1. The zero-order chi connectivity index (χ0) is 16.4. The van der Waals surface area contributed by atoms with Gasteiger partial charge in [-0.2, -0.15) is 0 Å². The van der Waals surface area contributed by atoms with Crippen LogP contribution < -0.4 is 0 Å². The lowest BCUT2D eigenvalue weighted by atomic mass is 9.96. The second kappa shape index (κ2) is 7.25. The molecule has 0 aliphatic carbocycles. The van der Waals surface area contributed by atoms with Gasteiger partial charge in [0.05, 0.1) is 26.0 Å². The summed E-state index contributed by atoms with van der Waals surface area (Å²) < 4.78 is 10.9. The van der Waals surface area contributed by atoms with Crippen LogP contribution in [0.1, 0.15) is 25.0 Å². The van der Waals surface area contributed by atoms with E-state index < -0.39 is 0 Å². The quantitative estimate of drug-likeness (QED) is 0.810. The second-order valence-corrected chi connectivity index (χ2v) is 7.05. The zero-order valence-corrected chi connectivity index (χ0v) is 14.2. The van der Waals surface area contributed by atoms with Crippen molar-refractivity contribution >= 4 is 5.91 Å². The molecule has 3 aliphatic rings. The Balaban J connectivity index is 1.36. The maximum atomic E-state index is 12.5. The van der Waals surface area contributed by atoms with Crippen molar-refractivity contribution in [3.8, 4) is 0 Å². The summed E-state index contributed by atoms with van der Waals surface area (Å²) in [6.07, 6.45) is 4.49. The Hall–Kier alpha value is -1.37. The molecule has 1 aromatic rings. The maximum absolute atomic E-state index is 12.5. The lowest BCUT2D eigenvalue weighted by Crippen LogP contribution is -2.54. The van der Waals surface area contributed by atoms with E-state index in [1.165, 1.54) is 0 Å². The van der Waals surface area contributed by atoms with Crippen LogP contribution in [-0.4, -0.2) is 78.6 Å². The third kappa shape index (κ3) is 3.36. The smallest absolute Gasteiger partial charge is 0.222 e. The van der Waals surface area contributed by atoms with Crippen molar-refractivity contribution in [2.24, 2.45) is 0 Å². The average molecular weight is 333 g/mol. The van der Waals surface area contributed by atoms with Gasteiger partial charge in [-0.15, -0.1) is 0 Å². The van der Waals surface area contributed by atoms with Gasteiger partial charge in [0.2, 0.25) is 5.91 Å². The zero-order valence-electron chi connectivity index (χ0n) is 14.2. The molecule has 3 saturated heterocycles. The topological polar surface area (TPSA) is 49.2 Å². The molecule has 0 aromatic carbocycles. The molecule has 132 valence electrons. The molecule has 0 bridgehead atoms. The average Bonchev–Trinajstić information content (AvgIpc) is 3.26. The molecule has 0 radical (unpaired) electrons. The Morgan fingerprint density at radius 2 is 1.96 bits per heavy atom. The van der Waals surface area contributed by atoms with Gasteiger partial charge in [-0.05, 0) is 25.0 Å². The third-order valence-electron chi connectivity index (χ3n) is 5.70. The van der Waals surface area contributed by atoms with Crippen LogP contribution in [0.5, 0.6) is 0 Å². The number of fused-ring (bicyclic) bond motifs is 1. The Morgan fingerprint density at radius 3 is 2.75 bits per heavy atom. The summed E-state index contributed by atoms with van der Waals surface area (Å²) in [6, 6.07) is 4.85. The minimum atomic E-state index is 0.337. The standard InChI is InChI=1S/C18H27N3O3/c22-18-4-3-16-17(5-6-20(16)14-15-2-1-11-24-15)21(18)8-7-19-9-12-23-13-10-19/h1-2,11,16-17H,3-10,12-14H2/t16-,17-/m0/s1. The van der Waals surface area contributed by atoms with Crippen LogP contribution in [0.2, 0.25) is 0 Å². The highest BCUT2D eigenvalue weighted by molar-refractivity contribution is 5.77. The van der Waals surface area contributed by atoms with Crippen molar-refractivity contribution in [2.45, 2.75) is 37.9 Å². The summed E-state index contributed by atoms with van der Waals surface area (Å²) >= 11 is 0. The fraction of sp³-hybridized carbons (Fsp3) is 0.722. The van der Waals surface area contributed by atoms with Gasteiger partial charge in [0.25, 0.3) is 0 Å². The second-order valence-electron chi connectivity index (χ2n) is 7.05. The number of amides is 1. The Morgan fingerprint density at radius 1 is 1.08 bits per heavy atom. The minimum absolute atomic E-state index is 0.337. The van der Waals surface area contributed by atoms with Crippen molar-refractivity contribution in [2.75, 3.05) is 45.9 Å². The highest BCUT2D eigenvalue weighted by atomic mass is 16.5. The number of carbonyl (C=O) groups is 1. The fourth-order valence-corrected chi connectivity index (χ4v) is 4.40. The van der Waals surface area contributed by atoms with Crippen LogP contribution in [0.15, 0.2) is 22.8 Å². The van der Waals surface area contributed by atoms with Gasteiger partial charge < -0.3 is 14.1 Å². The first-order chi connectivity index (χ1) is 11.8. The summed E-state index contributed by atoms with van der Waals surface area (Å²) in [6.45, 7) is 7.34. The summed E-state index contributed by atoms with van der Waals surface area (Å²) in [7, 11) is 0. The van der Waals surface area contributed by atoms with Crippen molar-refractivity contribution in [3.63, 3.8) is 0 Å². The highest BCUT2D eigenvalue weighted by Crippen LogP contribution is 2.32. The van der Waals surface area contributed by atoms with Crippen LogP contribution in [0.3, 0.4) is 0 Å². The van der Waals surface area contributed by atoms with Gasteiger partial charge in [-0.25, -0.2) is 0 Å². The van der Waals surface area contributed by atoms with Crippen molar-refractivity contribution in [3.05, 3.63) is 24.2 Å². The Kier molecular flexibility index (Phi) is 4.87. The van der Waals surface area contributed by atoms with Gasteiger partial charge in [-0.3, -0.25) is 14.6 Å². The predicted molar refractivity (Wildman–Crippen MR) is 89.5 cm³/mol. The van der Waals surface area contributed by atoms with Crippen LogP contribution in [-0.2, 0) is 16.1 Å². The molecule has 0 spiro atoms. The van der Waals surface area contributed by atoms with E-state index in [-0.39, 0.29) is 0 Å². The monoisotopic (exact) mass is 333 g/mol. The number of ether oxygens (including phenoxy) is 1. The number of nitrogens with zero attached hydrogens (tertiary/aromatic N) is 3. The molecule has 4 rings (SSSR count). The van der Waals surface area contributed by atoms with E-state index in [1.807, 2.05) is 12.1 Å². The molecule has 1 aromatic heterocycles. The predicted octanol–water partition coefficient (Wildman–Crippen LogP) is 1.18. The van der Waals surface area contributed by atoms with Crippen molar-refractivity contribution in [1.82, 2.24) is 14.7 Å². The normalized spacial score (nSPS) is 29.2. The van der Waals surface area contributed by atoms with E-state index in [4.69, 9.17) is 9.15 Å². The lowest BCUT2D eigenvalue weighted by molar-refractivity contribution is -0.138. The largest absolute Gasteiger partial charge is 0.468 e. The summed E-state index contributed by atoms with van der Waals surface area (Å²) in [5.41, 5.74) is 0. The molecule has 4 heterocycles. The van der Waals surface area contributed by atoms with Gasteiger partial charge >= 0.3 is 0 Å². The number of hydrogen-bond acceptors (Lipinski definition) is 5. The molecule has 0 saturated carbocycles. The first-order valence-corrected chi connectivity index (χ1v) is 9.17. The number of hydrogen-bond donors (Lipinski definition) is 0. The first kappa shape index (κ1) is 16.1. The van der Waals surface area contributed by atoms with Gasteiger partial charge in [0.1, 0.15) is 5.76 Å². The number of likely N-dealkylation sites (tertiary alicyclic amines) is 2. The SMILES string of the molecule is O=C1CC[C@H]2[C@H](CCN2Cc2ccco2)N1CCN1CCOCC1. The van der Waals surface area contributed by atoms with Crippen molar-refractivity contribution < 1.29 is 13.9 Å². The molecule has 3 fully saturated rings. The summed E-state index contributed by atoms with van der Waals surface area (Å²) in [5.74, 6) is 1.36. The third-order valence-corrected chi connectivity index (χ3v) is 5.70. The first-order valence-electron chi connectivity index (χ1n) is 9.17. The van der Waals surface area contributed by atoms with E-state index in [9.17, 15) is 4.79 Å². The van der Waals surface area contributed by atoms with Crippen LogP contribution in [0, 0.1) is 0 Å². The molecular weight excluding hydrogens is 306 g/mol. The highest BCUT2D eigenvalue weighted by Gasteiger charge is 2.43. The summed E-state index contributed by atoms with van der Waals surface area (Å²) in [4.78, 5) is 19.5. The molecule has 1 amide bonds. The minimum Gasteiger partial charge on any atom is -0.468 e. The van der Waals surface area contributed by atoms with E-state index in [0.717, 1.165) is 71.1 Å². The Labute approximate surface area is 143 Å². The summed E-state index contributed by atoms with van der Waals surface area (Å²) in [5, 5.41) is 0. The molecule has 6 heteroatoms. The molecule has 2 atom stereocenters. The molecule has 6 nitrogen and oxygen atoms in total. The maximum Gasteiger partial charge on any atom is 0.222 e. The molecule has 24 heavy (non-hydrogen) atoms. The van der Waals surface area contributed by atoms with Gasteiger partial charge in [0, 0.05) is 51.2 Å². The molecule has 0 unspecified atom stereocenters. The van der Waals surface area contributed by atoms with Crippen LogP contribution in [0.4, 0.5) is 0 Å². The number of morpholine rings is 1. The van der Waals surface area contributed by atoms with E-state index >= 15 is 0 Å². The number of furan rings is 1. The molecule has 0 N–H and O–H groups in total. The van der Waals surface area contributed by atoms with E-state index in [0.29, 0.717) is 24.4 Å². The van der Waals surface area contributed by atoms with Crippen LogP contribution in [0.25, 0.3) is 0 Å². The van der Waals surface area contributed by atoms with Gasteiger partial charge in [0.15, 0.2) is 0 Å². The van der Waals surface area contributed by atoms with Crippen molar-refractivity contribution in [1.29, 1.82) is 0 Å². The molecular formula is C18H27N3O3. The molecule has 3 aliphatic heterocycles. The fourth-order valence-electron chi connectivity index (χ4n) is 4.40. The van der Waals surface area contributed by atoms with E-state index in [1.54, 1.807) is 6.26 Å². The number of piperidine rings is 1. The van der Waals surface area contributed by atoms with E-state index in [2.05, 4.69) is 14.7 Å². The number of rotatable bonds is 5. The Bertz CT molecular complexity index is 542. The lowest BCUT2D eigenvalue weighted by Gasteiger charge is -2.41. The van der Waals surface area contributed by atoms with Gasteiger partial charge in [-0.1, -0.05) is 0 Å².